The molecule has 0 spiro atoms. The van der Waals surface area contributed by atoms with Crippen LogP contribution in [-0.4, -0.2) is 29.2 Å². The van der Waals surface area contributed by atoms with Crippen molar-refractivity contribution in [2.45, 2.75) is 38.2 Å². The van der Waals surface area contributed by atoms with E-state index >= 15 is 0 Å². The molecule has 0 bridgehead atoms. The number of rotatable bonds is 4. The summed E-state index contributed by atoms with van der Waals surface area (Å²) < 4.78 is 4.88. The number of nitrogens with one attached hydrogen (secondary N) is 1. The number of carbonyl (C=O) groups is 2. The van der Waals surface area contributed by atoms with Crippen LogP contribution in [0.3, 0.4) is 0 Å². The molecule has 1 amide bonds. The van der Waals surface area contributed by atoms with Gasteiger partial charge in [0, 0.05) is 0 Å². The molecule has 0 saturated heterocycles. The van der Waals surface area contributed by atoms with E-state index in [4.69, 9.17) is 16.3 Å². The largest absolute Gasteiger partial charge is 0.453 e. The number of halogens is 1. The van der Waals surface area contributed by atoms with Crippen molar-refractivity contribution >= 4 is 29.2 Å². The van der Waals surface area contributed by atoms with Crippen LogP contribution >= 0.6 is 11.6 Å². The summed E-state index contributed by atoms with van der Waals surface area (Å²) in [6.07, 6.45) is 2.35. The van der Waals surface area contributed by atoms with E-state index in [0.717, 1.165) is 18.4 Å². The van der Waals surface area contributed by atoms with Gasteiger partial charge in [0.1, 0.15) is 0 Å². The molecule has 2 rings (SSSR count). The van der Waals surface area contributed by atoms with Crippen LogP contribution < -0.4 is 5.32 Å². The van der Waals surface area contributed by atoms with Crippen LogP contribution in [0.5, 0.6) is 0 Å². The average molecular weight is 312 g/mol. The van der Waals surface area contributed by atoms with Gasteiger partial charge < -0.3 is 15.2 Å². The molecule has 1 aromatic carbocycles. The molecule has 1 aliphatic rings. The number of aryl methyl sites for hydroxylation is 1. The maximum Gasteiger partial charge on any atom is 0.338 e. The van der Waals surface area contributed by atoms with Crippen molar-refractivity contribution in [2.75, 3.05) is 11.9 Å². The van der Waals surface area contributed by atoms with Crippen LogP contribution in [0.2, 0.25) is 5.02 Å². The van der Waals surface area contributed by atoms with Gasteiger partial charge in [-0.3, -0.25) is 4.79 Å². The number of amides is 1. The normalized spacial score (nSPS) is 16.5. The highest BCUT2D eigenvalue weighted by Crippen LogP contribution is 2.30. The summed E-state index contributed by atoms with van der Waals surface area (Å²) >= 11 is 6.00. The molecular weight excluding hydrogens is 294 g/mol. The zero-order chi connectivity index (χ0) is 15.5. The summed E-state index contributed by atoms with van der Waals surface area (Å²) in [6.45, 7) is 1.45. The Hall–Kier alpha value is -1.59. The molecule has 1 aliphatic carbocycles. The Morgan fingerprint density at radius 2 is 2.05 bits per heavy atom. The first-order valence-corrected chi connectivity index (χ1v) is 7.24. The molecule has 114 valence electrons. The first-order valence-electron chi connectivity index (χ1n) is 6.86. The molecule has 1 aromatic rings. The Morgan fingerprint density at radius 3 is 2.67 bits per heavy atom. The summed E-state index contributed by atoms with van der Waals surface area (Å²) in [4.78, 5) is 23.5. The van der Waals surface area contributed by atoms with Crippen LogP contribution in [-0.2, 0) is 14.3 Å². The van der Waals surface area contributed by atoms with Crippen LogP contribution in [0.4, 0.5) is 5.69 Å². The maximum absolute atomic E-state index is 11.8. The van der Waals surface area contributed by atoms with Gasteiger partial charge in [-0.05, 0) is 50.3 Å². The number of hydrogen-bond acceptors (Lipinski definition) is 4. The van der Waals surface area contributed by atoms with Gasteiger partial charge >= 0.3 is 5.97 Å². The number of hydrogen-bond donors (Lipinski definition) is 2. The number of carbonyl (C=O) groups excluding carboxylic acids is 2. The molecule has 6 heteroatoms. The maximum atomic E-state index is 11.8. The monoisotopic (exact) mass is 311 g/mol. The van der Waals surface area contributed by atoms with E-state index in [2.05, 4.69) is 5.32 Å². The van der Waals surface area contributed by atoms with Crippen molar-refractivity contribution in [3.05, 3.63) is 28.8 Å². The number of esters is 1. The molecule has 0 unspecified atom stereocenters. The SMILES string of the molecule is Cc1ccc(NC(=O)COC(=O)C2(O)CCCC2)c(Cl)c1. The molecule has 1 fully saturated rings. The summed E-state index contributed by atoms with van der Waals surface area (Å²) in [5, 5.41) is 13.0. The minimum absolute atomic E-state index is 0.386. The summed E-state index contributed by atoms with van der Waals surface area (Å²) in [5.74, 6) is -1.22. The molecule has 2 N–H and O–H groups in total. The zero-order valence-corrected chi connectivity index (χ0v) is 12.6. The van der Waals surface area contributed by atoms with Gasteiger partial charge in [-0.1, -0.05) is 17.7 Å². The molecule has 21 heavy (non-hydrogen) atoms. The first-order chi connectivity index (χ1) is 9.90. The van der Waals surface area contributed by atoms with Crippen LogP contribution in [0, 0.1) is 6.92 Å². The second-order valence-electron chi connectivity index (χ2n) is 5.35. The van der Waals surface area contributed by atoms with Gasteiger partial charge in [-0.2, -0.15) is 0 Å². The summed E-state index contributed by atoms with van der Waals surface area (Å²) in [6, 6.07) is 5.22. The number of benzene rings is 1. The first kappa shape index (κ1) is 15.8. The molecule has 1 saturated carbocycles. The minimum atomic E-state index is -1.43. The highest BCUT2D eigenvalue weighted by molar-refractivity contribution is 6.33. The Labute approximate surface area is 128 Å². The fraction of sp³-hybridized carbons (Fsp3) is 0.467. The third kappa shape index (κ3) is 3.95. The summed E-state index contributed by atoms with van der Waals surface area (Å²) in [7, 11) is 0. The smallest absolute Gasteiger partial charge is 0.338 e. The Morgan fingerprint density at radius 1 is 1.38 bits per heavy atom. The van der Waals surface area contributed by atoms with Crippen molar-refractivity contribution in [3.8, 4) is 0 Å². The van der Waals surface area contributed by atoms with E-state index in [9.17, 15) is 14.7 Å². The van der Waals surface area contributed by atoms with E-state index in [-0.39, 0.29) is 0 Å². The molecule has 5 nitrogen and oxygen atoms in total. The van der Waals surface area contributed by atoms with Crippen LogP contribution in [0.25, 0.3) is 0 Å². The molecule has 0 atom stereocenters. The lowest BCUT2D eigenvalue weighted by Gasteiger charge is -2.19. The quantitative estimate of drug-likeness (QED) is 0.837. The molecule has 0 radical (unpaired) electrons. The van der Waals surface area contributed by atoms with Gasteiger partial charge in [-0.25, -0.2) is 4.79 Å². The predicted octanol–water partition coefficient (Wildman–Crippen LogP) is 2.44. The number of anilines is 1. The predicted molar refractivity (Wildman–Crippen MR) is 79.2 cm³/mol. The molecule has 0 heterocycles. The van der Waals surface area contributed by atoms with E-state index in [1.54, 1.807) is 12.1 Å². The van der Waals surface area contributed by atoms with Crippen molar-refractivity contribution < 1.29 is 19.4 Å². The molecule has 0 aliphatic heterocycles. The topological polar surface area (TPSA) is 75.6 Å². The number of aliphatic hydroxyl groups is 1. The lowest BCUT2D eigenvalue weighted by Crippen LogP contribution is -2.38. The highest BCUT2D eigenvalue weighted by atomic mass is 35.5. The van der Waals surface area contributed by atoms with Crippen LogP contribution in [0.15, 0.2) is 18.2 Å². The van der Waals surface area contributed by atoms with E-state index in [0.29, 0.717) is 23.6 Å². The van der Waals surface area contributed by atoms with Crippen molar-refractivity contribution in [1.29, 1.82) is 0 Å². The fourth-order valence-corrected chi connectivity index (χ4v) is 2.62. The Balaban J connectivity index is 1.86. The van der Waals surface area contributed by atoms with Gasteiger partial charge in [0.25, 0.3) is 5.91 Å². The Kier molecular flexibility index (Phi) is 4.85. The van der Waals surface area contributed by atoms with Gasteiger partial charge in [-0.15, -0.1) is 0 Å². The minimum Gasteiger partial charge on any atom is -0.453 e. The number of ether oxygens (including phenoxy) is 1. The van der Waals surface area contributed by atoms with Crippen molar-refractivity contribution in [1.82, 2.24) is 0 Å². The summed E-state index contributed by atoms with van der Waals surface area (Å²) in [5.41, 5.74) is 0.0117. The third-order valence-corrected chi connectivity index (χ3v) is 3.86. The van der Waals surface area contributed by atoms with Crippen molar-refractivity contribution in [3.63, 3.8) is 0 Å². The standard InChI is InChI=1S/C15H18ClNO4/c1-10-4-5-12(11(16)8-10)17-13(18)9-21-14(19)15(20)6-2-3-7-15/h4-5,8,20H,2-3,6-7,9H2,1H3,(H,17,18). The van der Waals surface area contributed by atoms with Gasteiger partial charge in [0.2, 0.25) is 0 Å². The molecule has 0 aromatic heterocycles. The lowest BCUT2D eigenvalue weighted by molar-refractivity contribution is -0.166. The average Bonchev–Trinajstić information content (AvgIpc) is 2.87. The van der Waals surface area contributed by atoms with Gasteiger partial charge in [0.05, 0.1) is 10.7 Å². The van der Waals surface area contributed by atoms with Crippen molar-refractivity contribution in [2.24, 2.45) is 0 Å². The van der Waals surface area contributed by atoms with E-state index < -0.39 is 24.1 Å². The van der Waals surface area contributed by atoms with E-state index in [1.165, 1.54) is 0 Å². The zero-order valence-electron chi connectivity index (χ0n) is 11.8. The van der Waals surface area contributed by atoms with Crippen LogP contribution in [0.1, 0.15) is 31.2 Å². The van der Waals surface area contributed by atoms with E-state index in [1.807, 2.05) is 13.0 Å². The van der Waals surface area contributed by atoms with Gasteiger partial charge in [0.15, 0.2) is 12.2 Å². The Bertz CT molecular complexity index is 553. The fourth-order valence-electron chi connectivity index (χ4n) is 2.34. The molecular formula is C15H18ClNO4. The lowest BCUT2D eigenvalue weighted by atomic mass is 10.0. The second-order valence-corrected chi connectivity index (χ2v) is 5.75. The highest BCUT2D eigenvalue weighted by Gasteiger charge is 2.40. The second kappa shape index (κ2) is 6.45. The third-order valence-electron chi connectivity index (χ3n) is 3.54.